The summed E-state index contributed by atoms with van der Waals surface area (Å²) >= 11 is 0. The first-order chi connectivity index (χ1) is 20.6. The number of phenolic OH excluding ortho intramolecular Hbond substituents is 1. The smallest absolute Gasteiger partial charge is 0.416 e. The molecule has 0 aliphatic carbocycles. The van der Waals surface area contributed by atoms with E-state index in [1.165, 1.54) is 49.4 Å². The summed E-state index contributed by atoms with van der Waals surface area (Å²) in [6.07, 6.45) is -8.92. The number of halogens is 6. The lowest BCUT2D eigenvalue weighted by Gasteiger charge is -2.16. The fourth-order valence-corrected chi connectivity index (χ4v) is 4.38. The second-order valence-corrected chi connectivity index (χ2v) is 9.89. The van der Waals surface area contributed by atoms with E-state index in [9.17, 15) is 36.2 Å². The maximum Gasteiger partial charge on any atom is 0.416 e. The summed E-state index contributed by atoms with van der Waals surface area (Å²) in [4.78, 5) is 17.1. The van der Waals surface area contributed by atoms with E-state index in [1.54, 1.807) is 24.3 Å². The zero-order valence-corrected chi connectivity index (χ0v) is 23.0. The standard InChI is InChI=1S/C32H25F6N3O3/c1-18(39)40-30(44)27(16-19-2-4-20(5-3-19)21-6-11-24(12-7-21)31(33,34)35)41-29(43)26-17-23(10-15-28(26)42)22-8-13-25(14-9-22)32(36,37)38/h2-15,17,27,42H,16H2,1H3,(H,41,43)(H2,39,40,44)/p+1. The number of hydrogen-bond acceptors (Lipinski definition) is 3. The van der Waals surface area contributed by atoms with Crippen molar-refractivity contribution in [3.05, 3.63) is 113 Å². The van der Waals surface area contributed by atoms with Gasteiger partial charge in [0.1, 0.15) is 11.6 Å². The van der Waals surface area contributed by atoms with E-state index in [-0.39, 0.29) is 23.7 Å². The molecule has 0 heterocycles. The monoisotopic (exact) mass is 614 g/mol. The van der Waals surface area contributed by atoms with Gasteiger partial charge in [-0.05, 0) is 71.1 Å². The molecule has 1 amide bonds. The van der Waals surface area contributed by atoms with Gasteiger partial charge in [0.05, 0.1) is 16.7 Å². The number of hydrogen-bond donors (Lipinski definition) is 3. The van der Waals surface area contributed by atoms with Gasteiger partial charge in [-0.15, -0.1) is 0 Å². The predicted molar refractivity (Wildman–Crippen MR) is 155 cm³/mol. The van der Waals surface area contributed by atoms with E-state index < -0.39 is 41.2 Å². The Hall–Kier alpha value is -5.13. The third-order valence-electron chi connectivity index (χ3n) is 6.65. The highest BCUT2D eigenvalue weighted by Gasteiger charge is 2.31. The van der Waals surface area contributed by atoms with Crippen LogP contribution in [0.1, 0.15) is 34.0 Å². The Bertz CT molecular complexity index is 1680. The second-order valence-electron chi connectivity index (χ2n) is 9.89. The van der Waals surface area contributed by atoms with E-state index in [2.05, 4.69) is 10.3 Å². The summed E-state index contributed by atoms with van der Waals surface area (Å²) in [5.41, 5.74) is 0.781. The lowest BCUT2D eigenvalue weighted by Crippen LogP contribution is -2.42. The molecule has 228 valence electrons. The zero-order chi connectivity index (χ0) is 32.2. The molecule has 0 saturated carbocycles. The maximum atomic E-state index is 13.3. The number of amides is 1. The first-order valence-electron chi connectivity index (χ1n) is 13.1. The zero-order valence-electron chi connectivity index (χ0n) is 23.0. The van der Waals surface area contributed by atoms with Gasteiger partial charge in [-0.2, -0.15) is 31.3 Å². The largest absolute Gasteiger partial charge is 0.580 e. The van der Waals surface area contributed by atoms with Crippen LogP contribution in [0.3, 0.4) is 0 Å². The number of aromatic hydroxyl groups is 1. The lowest BCUT2D eigenvalue weighted by atomic mass is 9.98. The van der Waals surface area contributed by atoms with Gasteiger partial charge in [0, 0.05) is 6.42 Å². The van der Waals surface area contributed by atoms with Crippen LogP contribution in [0.4, 0.5) is 26.3 Å². The van der Waals surface area contributed by atoms with Crippen molar-refractivity contribution in [2.24, 2.45) is 4.99 Å². The Morgan fingerprint density at radius 2 is 1.23 bits per heavy atom. The Morgan fingerprint density at radius 3 is 1.68 bits per heavy atom. The molecule has 0 saturated heterocycles. The molecule has 0 aromatic heterocycles. The fourth-order valence-electron chi connectivity index (χ4n) is 4.38. The molecule has 1 atom stereocenters. The van der Waals surface area contributed by atoms with Crippen LogP contribution in [0.25, 0.3) is 22.3 Å². The van der Waals surface area contributed by atoms with Gasteiger partial charge in [0.2, 0.25) is 0 Å². The number of nitrogens with zero attached hydrogens (tertiary/aromatic N) is 1. The van der Waals surface area contributed by atoms with Crippen LogP contribution in [-0.4, -0.2) is 33.9 Å². The molecule has 0 fully saturated rings. The number of phenols is 1. The third kappa shape index (κ3) is 7.82. The van der Waals surface area contributed by atoms with Crippen LogP contribution in [0.5, 0.6) is 5.75 Å². The number of amidine groups is 1. The lowest BCUT2D eigenvalue weighted by molar-refractivity contribution is -0.138. The summed E-state index contributed by atoms with van der Waals surface area (Å²) in [5.74, 6) is -1.70. The highest BCUT2D eigenvalue weighted by molar-refractivity contribution is 6.02. The minimum absolute atomic E-state index is 0.0496. The van der Waals surface area contributed by atoms with E-state index in [0.29, 0.717) is 27.8 Å². The molecular weight excluding hydrogens is 588 g/mol. The summed E-state index contributed by atoms with van der Waals surface area (Å²) < 4.78 is 77.5. The van der Waals surface area contributed by atoms with Crippen molar-refractivity contribution >= 4 is 17.6 Å². The van der Waals surface area contributed by atoms with Crippen molar-refractivity contribution in [1.82, 2.24) is 5.32 Å². The maximum absolute atomic E-state index is 13.3. The summed E-state index contributed by atoms with van der Waals surface area (Å²) in [6.45, 7) is 1.35. The van der Waals surface area contributed by atoms with Crippen molar-refractivity contribution in [1.29, 1.82) is 5.41 Å². The number of rotatable bonds is 7. The minimum atomic E-state index is -4.51. The first kappa shape index (κ1) is 31.8. The molecular formula is C32H26F6N3O3+. The fraction of sp³-hybridized carbons (Fsp3) is 0.156. The average molecular weight is 615 g/mol. The number of nitrogens with one attached hydrogen (secondary N) is 2. The Kier molecular flexibility index (Phi) is 9.12. The van der Waals surface area contributed by atoms with Gasteiger partial charge in [-0.3, -0.25) is 10.2 Å². The third-order valence-corrected chi connectivity index (χ3v) is 6.65. The van der Waals surface area contributed by atoms with Crippen LogP contribution >= 0.6 is 0 Å². The molecule has 0 aliphatic heterocycles. The molecule has 1 unspecified atom stereocenters. The Labute approximate surface area is 247 Å². The minimum Gasteiger partial charge on any atom is -0.580 e. The van der Waals surface area contributed by atoms with Crippen LogP contribution in [-0.2, 0) is 18.8 Å². The Morgan fingerprint density at radius 1 is 0.795 bits per heavy atom. The van der Waals surface area contributed by atoms with Gasteiger partial charge in [-0.1, -0.05) is 54.6 Å². The number of carbonyl (C=O) groups is 1. The Balaban J connectivity index is 1.56. The van der Waals surface area contributed by atoms with Crippen LogP contribution in [0.15, 0.2) is 96.0 Å². The van der Waals surface area contributed by atoms with Crippen molar-refractivity contribution in [3.63, 3.8) is 0 Å². The molecule has 0 spiro atoms. The SMILES string of the molecule is CC(=N)N=C([OH2+])C(Cc1ccc(-c2ccc(C(F)(F)F)cc2)cc1)NC(=O)c1cc(-c2ccc(C(F)(F)F)cc2)ccc1O. The molecule has 0 bridgehead atoms. The normalized spacial score (nSPS) is 12.9. The molecule has 12 heteroatoms. The summed E-state index contributed by atoms with van der Waals surface area (Å²) in [6, 6.07) is 18.6. The van der Waals surface area contributed by atoms with Gasteiger partial charge >= 0.3 is 18.3 Å². The molecule has 4 aromatic carbocycles. The number of aliphatic imine (C=N–C) groups is 1. The van der Waals surface area contributed by atoms with Gasteiger partial charge < -0.3 is 15.5 Å². The predicted octanol–water partition coefficient (Wildman–Crippen LogP) is 7.23. The molecule has 4 rings (SSSR count). The van der Waals surface area contributed by atoms with Crippen LogP contribution in [0, 0.1) is 5.41 Å². The highest BCUT2D eigenvalue weighted by atomic mass is 19.4. The molecule has 44 heavy (non-hydrogen) atoms. The quantitative estimate of drug-likeness (QED) is 0.0884. The van der Waals surface area contributed by atoms with Gasteiger partial charge in [0.15, 0.2) is 6.04 Å². The van der Waals surface area contributed by atoms with E-state index in [1.807, 2.05) is 0 Å². The topological polar surface area (TPSA) is 108 Å². The van der Waals surface area contributed by atoms with Crippen molar-refractivity contribution in [2.45, 2.75) is 31.7 Å². The van der Waals surface area contributed by atoms with Gasteiger partial charge in [-0.25, -0.2) is 0 Å². The second kappa shape index (κ2) is 12.6. The average Bonchev–Trinajstić information content (AvgIpc) is 2.96. The van der Waals surface area contributed by atoms with Crippen molar-refractivity contribution < 1.29 is 41.4 Å². The van der Waals surface area contributed by atoms with Gasteiger partial charge in [0.25, 0.3) is 5.91 Å². The van der Waals surface area contributed by atoms with E-state index in [0.717, 1.165) is 24.3 Å². The first-order valence-corrected chi connectivity index (χ1v) is 13.1. The molecule has 0 radical (unpaired) electrons. The molecule has 0 aliphatic rings. The van der Waals surface area contributed by atoms with E-state index >= 15 is 0 Å². The number of carbonyl (C=O) groups excluding carboxylic acids is 1. The summed E-state index contributed by atoms with van der Waals surface area (Å²) in [5, 5.41) is 29.0. The molecule has 5 N–H and O–H groups in total. The number of benzene rings is 4. The number of alkyl halides is 6. The van der Waals surface area contributed by atoms with E-state index in [4.69, 9.17) is 10.5 Å². The highest BCUT2D eigenvalue weighted by Crippen LogP contribution is 2.33. The molecule has 4 aromatic rings. The van der Waals surface area contributed by atoms with Crippen LogP contribution in [0.2, 0.25) is 0 Å². The molecule has 6 nitrogen and oxygen atoms in total. The summed E-state index contributed by atoms with van der Waals surface area (Å²) in [7, 11) is 0. The van der Waals surface area contributed by atoms with Crippen molar-refractivity contribution in [3.8, 4) is 28.0 Å². The van der Waals surface area contributed by atoms with Crippen molar-refractivity contribution in [2.75, 3.05) is 0 Å². The van der Waals surface area contributed by atoms with Crippen LogP contribution < -0.4 is 5.32 Å².